The molecule has 0 aliphatic carbocycles. The van der Waals surface area contributed by atoms with E-state index in [-0.39, 0.29) is 18.2 Å². The van der Waals surface area contributed by atoms with Crippen LogP contribution in [0, 0.1) is 5.82 Å². The first-order valence-corrected chi connectivity index (χ1v) is 5.93. The Balaban J connectivity index is 2.22. The van der Waals surface area contributed by atoms with Crippen molar-refractivity contribution in [2.75, 3.05) is 10.7 Å². The summed E-state index contributed by atoms with van der Waals surface area (Å²) in [6.07, 6.45) is -4.52. The summed E-state index contributed by atoms with van der Waals surface area (Å²) < 4.78 is 51.6. The molecule has 21 heavy (non-hydrogen) atoms. The topological polar surface area (TPSA) is 63.0 Å². The summed E-state index contributed by atoms with van der Waals surface area (Å²) in [5.41, 5.74) is 1.48. The van der Waals surface area contributed by atoms with Gasteiger partial charge in [-0.2, -0.15) is 13.2 Å². The van der Waals surface area contributed by atoms with Crippen LogP contribution in [0.1, 0.15) is 11.1 Å². The number of nitrogen functional groups attached to an aromatic ring is 1. The van der Waals surface area contributed by atoms with Crippen LogP contribution < -0.4 is 16.6 Å². The molecule has 112 valence electrons. The molecule has 4 N–H and O–H groups in total. The van der Waals surface area contributed by atoms with Gasteiger partial charge in [0.1, 0.15) is 17.5 Å². The molecule has 0 spiro atoms. The van der Waals surface area contributed by atoms with Crippen molar-refractivity contribution in [2.45, 2.75) is 12.7 Å². The number of benzene rings is 1. The summed E-state index contributed by atoms with van der Waals surface area (Å²) in [6, 6.07) is 7.57. The summed E-state index contributed by atoms with van der Waals surface area (Å²) in [7, 11) is 0. The van der Waals surface area contributed by atoms with Gasteiger partial charge >= 0.3 is 6.18 Å². The molecule has 4 nitrogen and oxygen atoms in total. The molecule has 0 saturated carbocycles. The second kappa shape index (κ2) is 5.96. The molecule has 2 rings (SSSR count). The number of nitrogens with one attached hydrogen (secondary N) is 2. The summed E-state index contributed by atoms with van der Waals surface area (Å²) >= 11 is 0. The van der Waals surface area contributed by atoms with Gasteiger partial charge in [-0.05, 0) is 18.2 Å². The lowest BCUT2D eigenvalue weighted by Crippen LogP contribution is -2.14. The van der Waals surface area contributed by atoms with E-state index in [0.29, 0.717) is 5.56 Å². The predicted molar refractivity (Wildman–Crippen MR) is 70.8 cm³/mol. The Morgan fingerprint density at radius 2 is 1.76 bits per heavy atom. The molecule has 0 amide bonds. The first-order valence-electron chi connectivity index (χ1n) is 5.93. The fourth-order valence-corrected chi connectivity index (χ4v) is 1.69. The van der Waals surface area contributed by atoms with E-state index in [2.05, 4.69) is 15.7 Å². The van der Waals surface area contributed by atoms with Gasteiger partial charge in [0.25, 0.3) is 0 Å². The smallest absolute Gasteiger partial charge is 0.366 e. The van der Waals surface area contributed by atoms with Gasteiger partial charge in [0.05, 0.1) is 5.56 Å². The Kier molecular flexibility index (Phi) is 4.27. The third-order valence-electron chi connectivity index (χ3n) is 2.72. The normalized spacial score (nSPS) is 11.3. The molecule has 0 bridgehead atoms. The molecule has 0 atom stereocenters. The summed E-state index contributed by atoms with van der Waals surface area (Å²) in [5, 5.41) is 2.64. The Morgan fingerprint density at radius 1 is 1.10 bits per heavy atom. The van der Waals surface area contributed by atoms with Crippen LogP contribution in [0.4, 0.5) is 29.2 Å². The Morgan fingerprint density at radius 3 is 2.38 bits per heavy atom. The molecule has 0 unspecified atom stereocenters. The number of hydrogen-bond acceptors (Lipinski definition) is 4. The van der Waals surface area contributed by atoms with E-state index in [1.54, 1.807) is 6.07 Å². The van der Waals surface area contributed by atoms with Crippen molar-refractivity contribution >= 4 is 11.6 Å². The number of halogens is 4. The second-order valence-electron chi connectivity index (χ2n) is 4.21. The zero-order chi connectivity index (χ0) is 15.5. The van der Waals surface area contributed by atoms with E-state index in [0.717, 1.165) is 12.1 Å². The third kappa shape index (κ3) is 3.82. The second-order valence-corrected chi connectivity index (χ2v) is 4.21. The van der Waals surface area contributed by atoms with Gasteiger partial charge in [0.15, 0.2) is 0 Å². The molecule has 0 fully saturated rings. The molecule has 0 aliphatic heterocycles. The predicted octanol–water partition coefficient (Wildman–Crippen LogP) is 3.14. The minimum atomic E-state index is -4.52. The molecule has 0 saturated heterocycles. The van der Waals surface area contributed by atoms with Crippen LogP contribution in [-0.2, 0) is 12.7 Å². The monoisotopic (exact) mass is 300 g/mol. The van der Waals surface area contributed by atoms with Crippen LogP contribution in [0.5, 0.6) is 0 Å². The van der Waals surface area contributed by atoms with Gasteiger partial charge in [0, 0.05) is 12.1 Å². The van der Waals surface area contributed by atoms with Gasteiger partial charge in [-0.25, -0.2) is 15.2 Å². The summed E-state index contributed by atoms with van der Waals surface area (Å²) in [5.74, 6) is 4.45. The molecule has 1 heterocycles. The highest BCUT2D eigenvalue weighted by Gasteiger charge is 2.31. The van der Waals surface area contributed by atoms with Crippen LogP contribution in [-0.4, -0.2) is 4.98 Å². The van der Waals surface area contributed by atoms with Crippen molar-refractivity contribution in [2.24, 2.45) is 5.84 Å². The maximum Gasteiger partial charge on any atom is 0.416 e. The molecule has 2 aromatic rings. The van der Waals surface area contributed by atoms with Crippen LogP contribution in [0.3, 0.4) is 0 Å². The quantitative estimate of drug-likeness (QED) is 0.461. The number of rotatable bonds is 4. The molecule has 8 heteroatoms. The Bertz CT molecular complexity index is 628. The number of aromatic nitrogens is 1. The number of nitrogens with two attached hydrogens (primary N) is 1. The molecular formula is C13H12F4N4. The zero-order valence-electron chi connectivity index (χ0n) is 10.7. The standard InChI is InChI=1S/C13H12F4N4/c14-10-4-2-1-3-8(10)7-19-11-5-9(13(15,16)17)6-12(20-11)21-18/h1-6H,7,18H2,(H2,19,20,21). The van der Waals surface area contributed by atoms with Crippen molar-refractivity contribution in [3.8, 4) is 0 Å². The molecule has 1 aromatic carbocycles. The van der Waals surface area contributed by atoms with Crippen LogP contribution in [0.2, 0.25) is 0 Å². The van der Waals surface area contributed by atoms with Crippen LogP contribution in [0.15, 0.2) is 36.4 Å². The van der Waals surface area contributed by atoms with Crippen molar-refractivity contribution in [1.29, 1.82) is 0 Å². The Hall–Kier alpha value is -2.35. The zero-order valence-corrected chi connectivity index (χ0v) is 10.7. The summed E-state index contributed by atoms with van der Waals surface area (Å²) in [6.45, 7) is 0.00496. The van der Waals surface area contributed by atoms with Gasteiger partial charge in [-0.15, -0.1) is 0 Å². The van der Waals surface area contributed by atoms with E-state index >= 15 is 0 Å². The van der Waals surface area contributed by atoms with Gasteiger partial charge in [-0.3, -0.25) is 0 Å². The maximum absolute atomic E-state index is 13.4. The lowest BCUT2D eigenvalue weighted by atomic mass is 10.2. The highest BCUT2D eigenvalue weighted by atomic mass is 19.4. The maximum atomic E-state index is 13.4. The van der Waals surface area contributed by atoms with Crippen LogP contribution >= 0.6 is 0 Å². The molecular weight excluding hydrogens is 288 g/mol. The Labute approximate surface area is 118 Å². The fourth-order valence-electron chi connectivity index (χ4n) is 1.69. The molecule has 0 radical (unpaired) electrons. The highest BCUT2D eigenvalue weighted by Crippen LogP contribution is 2.32. The number of pyridine rings is 1. The molecule has 0 aliphatic rings. The lowest BCUT2D eigenvalue weighted by molar-refractivity contribution is -0.137. The van der Waals surface area contributed by atoms with E-state index in [1.807, 2.05) is 0 Å². The fraction of sp³-hybridized carbons (Fsp3) is 0.154. The van der Waals surface area contributed by atoms with E-state index in [4.69, 9.17) is 5.84 Å². The van der Waals surface area contributed by atoms with Crippen molar-refractivity contribution in [1.82, 2.24) is 4.98 Å². The number of hydrogen-bond donors (Lipinski definition) is 3. The highest BCUT2D eigenvalue weighted by molar-refractivity contribution is 5.49. The van der Waals surface area contributed by atoms with Crippen molar-refractivity contribution in [3.63, 3.8) is 0 Å². The number of hydrazine groups is 1. The van der Waals surface area contributed by atoms with Gasteiger partial charge in [0.2, 0.25) is 0 Å². The van der Waals surface area contributed by atoms with E-state index in [9.17, 15) is 17.6 Å². The van der Waals surface area contributed by atoms with Gasteiger partial charge in [-0.1, -0.05) is 18.2 Å². The first-order chi connectivity index (χ1) is 9.90. The van der Waals surface area contributed by atoms with Crippen molar-refractivity contribution < 1.29 is 17.6 Å². The number of anilines is 2. The number of alkyl halides is 3. The summed E-state index contributed by atoms with van der Waals surface area (Å²) in [4.78, 5) is 3.84. The van der Waals surface area contributed by atoms with Crippen molar-refractivity contribution in [3.05, 3.63) is 53.3 Å². The minimum Gasteiger partial charge on any atom is -0.366 e. The van der Waals surface area contributed by atoms with E-state index < -0.39 is 17.6 Å². The average Bonchev–Trinajstić information content (AvgIpc) is 2.45. The lowest BCUT2D eigenvalue weighted by Gasteiger charge is -2.12. The van der Waals surface area contributed by atoms with E-state index in [1.165, 1.54) is 18.2 Å². The average molecular weight is 300 g/mol. The number of nitrogens with zero attached hydrogens (tertiary/aromatic N) is 1. The van der Waals surface area contributed by atoms with Crippen LogP contribution in [0.25, 0.3) is 0 Å². The largest absolute Gasteiger partial charge is 0.416 e. The molecule has 1 aromatic heterocycles. The van der Waals surface area contributed by atoms with Gasteiger partial charge < -0.3 is 10.7 Å². The minimum absolute atomic E-state index is 0.00496. The third-order valence-corrected chi connectivity index (χ3v) is 2.72. The SMILES string of the molecule is NNc1cc(C(F)(F)F)cc(NCc2ccccc2F)n1. The first kappa shape index (κ1) is 15.0.